The van der Waals surface area contributed by atoms with Crippen LogP contribution in [0.2, 0.25) is 5.02 Å². The van der Waals surface area contributed by atoms with Gasteiger partial charge in [0, 0.05) is 16.0 Å². The van der Waals surface area contributed by atoms with E-state index in [2.05, 4.69) is 26.0 Å². The van der Waals surface area contributed by atoms with E-state index in [0.29, 0.717) is 11.6 Å². The third-order valence-electron chi connectivity index (χ3n) is 2.60. The van der Waals surface area contributed by atoms with Crippen molar-refractivity contribution in [2.45, 2.75) is 12.9 Å². The molecule has 0 unspecified atom stereocenters. The summed E-state index contributed by atoms with van der Waals surface area (Å²) >= 11 is 9.19. The molecule has 2 nitrogen and oxygen atoms in total. The lowest BCUT2D eigenvalue weighted by atomic mass is 10.2. The Bertz CT molecular complexity index is 634. The molecular formula is C14H10BrClF3NO. The molecule has 0 amide bonds. The molecule has 0 aliphatic heterocycles. The summed E-state index contributed by atoms with van der Waals surface area (Å²) in [4.78, 5) is 0. The van der Waals surface area contributed by atoms with Gasteiger partial charge in [0.2, 0.25) is 0 Å². The van der Waals surface area contributed by atoms with Crippen LogP contribution in [0.15, 0.2) is 46.9 Å². The third kappa shape index (κ3) is 4.82. The van der Waals surface area contributed by atoms with Crippen molar-refractivity contribution in [1.29, 1.82) is 0 Å². The zero-order valence-electron chi connectivity index (χ0n) is 10.5. The first kappa shape index (κ1) is 16.0. The second kappa shape index (κ2) is 6.58. The molecule has 0 saturated heterocycles. The van der Waals surface area contributed by atoms with E-state index in [0.717, 1.165) is 10.0 Å². The van der Waals surface area contributed by atoms with Crippen LogP contribution in [0.5, 0.6) is 5.75 Å². The number of benzene rings is 2. The molecule has 7 heteroatoms. The average Bonchev–Trinajstić information content (AvgIpc) is 2.37. The largest absolute Gasteiger partial charge is 0.573 e. The highest BCUT2D eigenvalue weighted by Crippen LogP contribution is 2.31. The zero-order valence-corrected chi connectivity index (χ0v) is 12.9. The van der Waals surface area contributed by atoms with E-state index in [4.69, 9.17) is 11.6 Å². The molecule has 0 fully saturated rings. The van der Waals surface area contributed by atoms with Gasteiger partial charge >= 0.3 is 6.36 Å². The number of anilines is 1. The lowest BCUT2D eigenvalue weighted by molar-refractivity contribution is -0.274. The number of nitrogens with one attached hydrogen (secondary N) is 1. The summed E-state index contributed by atoms with van der Waals surface area (Å²) in [7, 11) is 0. The molecule has 0 aliphatic carbocycles. The molecule has 0 atom stereocenters. The van der Waals surface area contributed by atoms with Crippen molar-refractivity contribution in [2.75, 3.05) is 5.32 Å². The van der Waals surface area contributed by atoms with Gasteiger partial charge in [-0.25, -0.2) is 0 Å². The maximum Gasteiger partial charge on any atom is 0.573 e. The van der Waals surface area contributed by atoms with Crippen molar-refractivity contribution < 1.29 is 17.9 Å². The van der Waals surface area contributed by atoms with Crippen LogP contribution >= 0.6 is 27.5 Å². The molecule has 2 aromatic carbocycles. The van der Waals surface area contributed by atoms with E-state index in [9.17, 15) is 13.2 Å². The van der Waals surface area contributed by atoms with Gasteiger partial charge in [0.25, 0.3) is 0 Å². The first-order valence-corrected chi connectivity index (χ1v) is 7.05. The highest BCUT2D eigenvalue weighted by molar-refractivity contribution is 9.10. The Morgan fingerprint density at radius 3 is 2.52 bits per heavy atom. The molecule has 0 saturated carbocycles. The van der Waals surface area contributed by atoms with Crippen LogP contribution in [0, 0.1) is 0 Å². The number of halogens is 5. The van der Waals surface area contributed by atoms with Gasteiger partial charge in [-0.1, -0.05) is 45.7 Å². The van der Waals surface area contributed by atoms with Gasteiger partial charge in [0.15, 0.2) is 5.75 Å². The van der Waals surface area contributed by atoms with Crippen LogP contribution in [0.4, 0.5) is 18.9 Å². The first-order valence-electron chi connectivity index (χ1n) is 5.88. The molecular weight excluding hydrogens is 371 g/mol. The number of para-hydroxylation sites is 2. The molecule has 0 aliphatic rings. The quantitative estimate of drug-likeness (QED) is 0.744. The molecule has 21 heavy (non-hydrogen) atoms. The summed E-state index contributed by atoms with van der Waals surface area (Å²) in [5, 5.41) is 3.49. The molecule has 2 aromatic rings. The van der Waals surface area contributed by atoms with Gasteiger partial charge in [-0.2, -0.15) is 0 Å². The minimum atomic E-state index is -4.72. The fraction of sp³-hybridized carbons (Fsp3) is 0.143. The Kier molecular flexibility index (Phi) is 5.00. The normalized spacial score (nSPS) is 11.3. The molecule has 0 radical (unpaired) electrons. The summed E-state index contributed by atoms with van der Waals surface area (Å²) < 4.78 is 41.7. The maximum atomic E-state index is 12.3. The summed E-state index contributed by atoms with van der Waals surface area (Å²) in [5.41, 5.74) is 1.12. The SMILES string of the molecule is FC(F)(F)Oc1ccccc1NCc1ccc(Cl)cc1Br. The van der Waals surface area contributed by atoms with E-state index in [1.165, 1.54) is 18.2 Å². The lowest BCUT2D eigenvalue weighted by Crippen LogP contribution is -2.18. The summed E-state index contributed by atoms with van der Waals surface area (Å²) in [6.45, 7) is 0.329. The van der Waals surface area contributed by atoms with Gasteiger partial charge in [-0.15, -0.1) is 13.2 Å². The van der Waals surface area contributed by atoms with Crippen LogP contribution in [0.3, 0.4) is 0 Å². The Morgan fingerprint density at radius 2 is 1.86 bits per heavy atom. The van der Waals surface area contributed by atoms with Gasteiger partial charge in [-0.3, -0.25) is 0 Å². The molecule has 0 spiro atoms. The van der Waals surface area contributed by atoms with Crippen molar-refractivity contribution in [3.63, 3.8) is 0 Å². The summed E-state index contributed by atoms with van der Waals surface area (Å²) in [5.74, 6) is -0.268. The second-order valence-electron chi connectivity index (χ2n) is 4.13. The van der Waals surface area contributed by atoms with Gasteiger partial charge < -0.3 is 10.1 Å². The molecule has 2 rings (SSSR count). The maximum absolute atomic E-state index is 12.3. The molecule has 0 heterocycles. The van der Waals surface area contributed by atoms with Crippen molar-refractivity contribution in [2.24, 2.45) is 0 Å². The van der Waals surface area contributed by atoms with Crippen molar-refractivity contribution in [1.82, 2.24) is 0 Å². The van der Waals surface area contributed by atoms with Crippen molar-refractivity contribution in [3.05, 3.63) is 57.5 Å². The van der Waals surface area contributed by atoms with Crippen LogP contribution in [-0.2, 0) is 6.54 Å². The first-order chi connectivity index (χ1) is 9.85. The minimum Gasteiger partial charge on any atom is -0.404 e. The monoisotopic (exact) mass is 379 g/mol. The molecule has 0 aromatic heterocycles. The predicted octanol–water partition coefficient (Wildman–Crippen LogP) is 5.61. The third-order valence-corrected chi connectivity index (χ3v) is 3.57. The van der Waals surface area contributed by atoms with E-state index in [1.807, 2.05) is 0 Å². The smallest absolute Gasteiger partial charge is 0.404 e. The molecule has 0 bridgehead atoms. The van der Waals surface area contributed by atoms with E-state index < -0.39 is 6.36 Å². The predicted molar refractivity (Wildman–Crippen MR) is 79.6 cm³/mol. The van der Waals surface area contributed by atoms with Crippen molar-refractivity contribution in [3.8, 4) is 5.75 Å². The standard InChI is InChI=1S/C14H10BrClF3NO/c15-11-7-10(16)6-5-9(11)8-20-12-3-1-2-4-13(12)21-14(17,18)19/h1-7,20H,8H2. The van der Waals surface area contributed by atoms with E-state index >= 15 is 0 Å². The highest BCUT2D eigenvalue weighted by Gasteiger charge is 2.32. The number of alkyl halides is 3. The number of hydrogen-bond acceptors (Lipinski definition) is 2. The Balaban J connectivity index is 2.13. The minimum absolute atomic E-state index is 0.261. The Labute approximate surface area is 133 Å². The van der Waals surface area contributed by atoms with Crippen molar-refractivity contribution >= 4 is 33.2 Å². The fourth-order valence-electron chi connectivity index (χ4n) is 1.68. The number of hydrogen-bond donors (Lipinski definition) is 1. The van der Waals surface area contributed by atoms with Crippen LogP contribution in [-0.4, -0.2) is 6.36 Å². The van der Waals surface area contributed by atoms with Crippen LogP contribution in [0.25, 0.3) is 0 Å². The summed E-state index contributed by atoms with van der Waals surface area (Å²) in [6, 6.07) is 11.1. The zero-order chi connectivity index (χ0) is 15.5. The highest BCUT2D eigenvalue weighted by atomic mass is 79.9. The van der Waals surface area contributed by atoms with Gasteiger partial charge in [-0.05, 0) is 29.8 Å². The van der Waals surface area contributed by atoms with Gasteiger partial charge in [0.05, 0.1) is 5.69 Å². The molecule has 1 N–H and O–H groups in total. The number of ether oxygens (including phenoxy) is 1. The number of rotatable bonds is 4. The van der Waals surface area contributed by atoms with Crippen LogP contribution < -0.4 is 10.1 Å². The Morgan fingerprint density at radius 1 is 1.14 bits per heavy atom. The average molecular weight is 381 g/mol. The second-order valence-corrected chi connectivity index (χ2v) is 5.42. The van der Waals surface area contributed by atoms with E-state index in [-0.39, 0.29) is 11.4 Å². The van der Waals surface area contributed by atoms with E-state index in [1.54, 1.807) is 24.3 Å². The lowest BCUT2D eigenvalue weighted by Gasteiger charge is -2.15. The Hall–Kier alpha value is -1.40. The van der Waals surface area contributed by atoms with Crippen LogP contribution in [0.1, 0.15) is 5.56 Å². The van der Waals surface area contributed by atoms with Gasteiger partial charge in [0.1, 0.15) is 0 Å². The summed E-state index contributed by atoms with van der Waals surface area (Å²) in [6.07, 6.45) is -4.72. The molecule has 112 valence electrons. The fourth-order valence-corrected chi connectivity index (χ4v) is 2.50. The topological polar surface area (TPSA) is 21.3 Å².